The van der Waals surface area contributed by atoms with Gasteiger partial charge < -0.3 is 9.47 Å². The molecule has 1 saturated carbocycles. The van der Waals surface area contributed by atoms with Gasteiger partial charge in [-0.2, -0.15) is 0 Å². The minimum atomic E-state index is 0.719. The van der Waals surface area contributed by atoms with Gasteiger partial charge in [0.1, 0.15) is 5.75 Å². The smallest absolute Gasteiger partial charge is 0.119 e. The average Bonchev–Trinajstić information content (AvgIpc) is 2.57. The predicted octanol–water partition coefficient (Wildman–Crippen LogP) is 5.34. The van der Waals surface area contributed by atoms with Gasteiger partial charge in [0.15, 0.2) is 0 Å². The third-order valence-electron chi connectivity index (χ3n) is 4.56. The van der Waals surface area contributed by atoms with Gasteiger partial charge in [0.2, 0.25) is 0 Å². The van der Waals surface area contributed by atoms with Crippen LogP contribution in [0.3, 0.4) is 0 Å². The van der Waals surface area contributed by atoms with Crippen molar-refractivity contribution in [2.75, 3.05) is 20.3 Å². The third kappa shape index (κ3) is 5.49. The average molecular weight is 302 g/mol. The van der Waals surface area contributed by atoms with Crippen LogP contribution in [0.5, 0.6) is 5.75 Å². The molecule has 22 heavy (non-hydrogen) atoms. The molecule has 0 radical (unpaired) electrons. The van der Waals surface area contributed by atoms with Crippen LogP contribution in [0.15, 0.2) is 36.4 Å². The topological polar surface area (TPSA) is 18.5 Å². The Kier molecular flexibility index (Phi) is 7.51. The predicted molar refractivity (Wildman–Crippen MR) is 92.6 cm³/mol. The van der Waals surface area contributed by atoms with Crippen LogP contribution >= 0.6 is 0 Å². The van der Waals surface area contributed by atoms with E-state index in [9.17, 15) is 0 Å². The van der Waals surface area contributed by atoms with Crippen molar-refractivity contribution in [1.82, 2.24) is 0 Å². The molecule has 0 amide bonds. The fourth-order valence-corrected chi connectivity index (χ4v) is 3.16. The van der Waals surface area contributed by atoms with Gasteiger partial charge in [0.05, 0.1) is 13.2 Å². The van der Waals surface area contributed by atoms with Crippen LogP contribution in [0.4, 0.5) is 0 Å². The van der Waals surface area contributed by atoms with Crippen molar-refractivity contribution in [2.24, 2.45) is 5.92 Å². The SMILES string of the molecule is CCCCOc1ccc([C@H]2CC[C@H](/C=C/COC)CC2)cc1. The van der Waals surface area contributed by atoms with Crippen molar-refractivity contribution >= 4 is 0 Å². The zero-order valence-electron chi connectivity index (χ0n) is 14.1. The fraction of sp³-hybridized carbons (Fsp3) is 0.600. The highest BCUT2D eigenvalue weighted by atomic mass is 16.5. The Labute approximate surface area is 135 Å². The quantitative estimate of drug-likeness (QED) is 0.476. The van der Waals surface area contributed by atoms with Crippen molar-refractivity contribution in [3.8, 4) is 5.75 Å². The Morgan fingerprint density at radius 2 is 1.82 bits per heavy atom. The second kappa shape index (κ2) is 9.68. The summed E-state index contributed by atoms with van der Waals surface area (Å²) in [5.74, 6) is 2.47. The van der Waals surface area contributed by atoms with E-state index in [1.807, 2.05) is 0 Å². The number of hydrogen-bond acceptors (Lipinski definition) is 2. The monoisotopic (exact) mass is 302 g/mol. The first-order valence-electron chi connectivity index (χ1n) is 8.71. The zero-order chi connectivity index (χ0) is 15.6. The molecule has 1 aromatic rings. The Hall–Kier alpha value is -1.28. The summed E-state index contributed by atoms with van der Waals surface area (Å²) in [5.41, 5.74) is 1.47. The Morgan fingerprint density at radius 1 is 1.09 bits per heavy atom. The normalized spacial score (nSPS) is 22.1. The summed E-state index contributed by atoms with van der Waals surface area (Å²) >= 11 is 0. The summed E-state index contributed by atoms with van der Waals surface area (Å²) in [4.78, 5) is 0. The maximum absolute atomic E-state index is 5.74. The molecule has 1 aliphatic rings. The van der Waals surface area contributed by atoms with Crippen LogP contribution in [0.25, 0.3) is 0 Å². The van der Waals surface area contributed by atoms with E-state index in [2.05, 4.69) is 43.3 Å². The van der Waals surface area contributed by atoms with Crippen molar-refractivity contribution in [2.45, 2.75) is 51.4 Å². The molecule has 0 saturated heterocycles. The van der Waals surface area contributed by atoms with Crippen molar-refractivity contribution < 1.29 is 9.47 Å². The van der Waals surface area contributed by atoms with Gasteiger partial charge in [-0.15, -0.1) is 0 Å². The van der Waals surface area contributed by atoms with Crippen molar-refractivity contribution in [3.63, 3.8) is 0 Å². The second-order valence-corrected chi connectivity index (χ2v) is 6.27. The largest absolute Gasteiger partial charge is 0.494 e. The van der Waals surface area contributed by atoms with Crippen molar-refractivity contribution in [3.05, 3.63) is 42.0 Å². The first kappa shape index (κ1) is 17.1. The molecule has 0 atom stereocenters. The third-order valence-corrected chi connectivity index (χ3v) is 4.56. The molecule has 2 nitrogen and oxygen atoms in total. The van der Waals surface area contributed by atoms with Crippen LogP contribution < -0.4 is 4.74 Å². The molecular formula is C20H30O2. The number of hydrogen-bond donors (Lipinski definition) is 0. The minimum absolute atomic E-state index is 0.719. The lowest BCUT2D eigenvalue weighted by atomic mass is 9.78. The number of methoxy groups -OCH3 is 1. The molecule has 0 aromatic heterocycles. The van der Waals surface area contributed by atoms with Crippen LogP contribution in [-0.2, 0) is 4.74 Å². The molecule has 2 rings (SSSR count). The summed E-state index contributed by atoms with van der Waals surface area (Å²) in [6.45, 7) is 3.75. The molecular weight excluding hydrogens is 272 g/mol. The van der Waals surface area contributed by atoms with Gasteiger partial charge in [-0.1, -0.05) is 37.6 Å². The molecule has 0 N–H and O–H groups in total. The van der Waals surface area contributed by atoms with E-state index in [4.69, 9.17) is 9.47 Å². The number of ether oxygens (including phenoxy) is 2. The molecule has 0 bridgehead atoms. The van der Waals surface area contributed by atoms with E-state index in [1.165, 1.54) is 37.7 Å². The summed E-state index contributed by atoms with van der Waals surface area (Å²) < 4.78 is 10.8. The lowest BCUT2D eigenvalue weighted by Gasteiger charge is -2.27. The molecule has 0 unspecified atom stereocenters. The van der Waals surface area contributed by atoms with Gasteiger partial charge in [0, 0.05) is 7.11 Å². The van der Waals surface area contributed by atoms with Gasteiger partial charge in [-0.25, -0.2) is 0 Å². The zero-order valence-corrected chi connectivity index (χ0v) is 14.1. The summed E-state index contributed by atoms with van der Waals surface area (Å²) in [7, 11) is 1.75. The Morgan fingerprint density at radius 3 is 2.45 bits per heavy atom. The first-order chi connectivity index (χ1) is 10.8. The molecule has 122 valence electrons. The van der Waals surface area contributed by atoms with Crippen molar-refractivity contribution in [1.29, 1.82) is 0 Å². The molecule has 1 aliphatic carbocycles. The highest BCUT2D eigenvalue weighted by Gasteiger charge is 2.20. The van der Waals surface area contributed by atoms with Crippen LogP contribution in [-0.4, -0.2) is 20.3 Å². The fourth-order valence-electron chi connectivity index (χ4n) is 3.16. The van der Waals surface area contributed by atoms with E-state index in [0.717, 1.165) is 37.2 Å². The van der Waals surface area contributed by atoms with Crippen LogP contribution in [0.1, 0.15) is 56.9 Å². The molecule has 1 aromatic carbocycles. The number of benzene rings is 1. The van der Waals surface area contributed by atoms with E-state index in [-0.39, 0.29) is 0 Å². The Bertz CT molecular complexity index is 428. The maximum Gasteiger partial charge on any atom is 0.119 e. The highest BCUT2D eigenvalue weighted by Crippen LogP contribution is 2.36. The van der Waals surface area contributed by atoms with E-state index in [0.29, 0.717) is 0 Å². The van der Waals surface area contributed by atoms with E-state index >= 15 is 0 Å². The van der Waals surface area contributed by atoms with E-state index < -0.39 is 0 Å². The minimum Gasteiger partial charge on any atom is -0.494 e. The van der Waals surface area contributed by atoms with E-state index in [1.54, 1.807) is 7.11 Å². The van der Waals surface area contributed by atoms with Crippen LogP contribution in [0.2, 0.25) is 0 Å². The van der Waals surface area contributed by atoms with Gasteiger partial charge in [-0.05, 0) is 61.6 Å². The molecule has 2 heteroatoms. The number of unbranched alkanes of at least 4 members (excludes halogenated alkanes) is 1. The summed E-state index contributed by atoms with van der Waals surface area (Å²) in [5, 5.41) is 0. The second-order valence-electron chi connectivity index (χ2n) is 6.27. The highest BCUT2D eigenvalue weighted by molar-refractivity contribution is 5.29. The summed E-state index contributed by atoms with van der Waals surface area (Å²) in [6.07, 6.45) is 12.0. The van der Waals surface area contributed by atoms with Gasteiger partial charge in [-0.3, -0.25) is 0 Å². The lowest BCUT2D eigenvalue weighted by molar-refractivity contribution is 0.233. The van der Waals surface area contributed by atoms with Gasteiger partial charge in [0.25, 0.3) is 0 Å². The number of rotatable bonds is 8. The maximum atomic E-state index is 5.74. The standard InChI is InChI=1S/C20H30O2/c1-3-4-16-22-20-13-11-19(12-14-20)18-9-7-17(8-10-18)6-5-15-21-2/h5-6,11-14,17-18H,3-4,7-10,15-16H2,1-2H3/b6-5+/t17-,18-. The Balaban J connectivity index is 1.78. The summed E-state index contributed by atoms with van der Waals surface area (Å²) in [6, 6.07) is 8.78. The molecule has 0 heterocycles. The molecule has 0 aliphatic heterocycles. The molecule has 0 spiro atoms. The molecule has 1 fully saturated rings. The van der Waals surface area contributed by atoms with Gasteiger partial charge >= 0.3 is 0 Å². The first-order valence-corrected chi connectivity index (χ1v) is 8.71. The lowest BCUT2D eigenvalue weighted by Crippen LogP contribution is -2.11. The van der Waals surface area contributed by atoms with Crippen LogP contribution in [0, 0.1) is 5.92 Å². The number of allylic oxidation sites excluding steroid dienone is 1.